The highest BCUT2D eigenvalue weighted by molar-refractivity contribution is 7.91. The van der Waals surface area contributed by atoms with Crippen molar-refractivity contribution in [1.82, 2.24) is 15.1 Å². The summed E-state index contributed by atoms with van der Waals surface area (Å²) in [6.07, 6.45) is 1.57. The SMILES string of the molecule is Cc1c(CNC(=O)c2ccccc2S(=O)(=O)C(F)F)cnn1C. The van der Waals surface area contributed by atoms with Gasteiger partial charge in [0.2, 0.25) is 9.84 Å². The van der Waals surface area contributed by atoms with Crippen LogP contribution in [-0.2, 0) is 23.4 Å². The maximum absolute atomic E-state index is 12.7. The van der Waals surface area contributed by atoms with Crippen molar-refractivity contribution in [3.05, 3.63) is 47.3 Å². The van der Waals surface area contributed by atoms with Crippen molar-refractivity contribution in [1.29, 1.82) is 0 Å². The lowest BCUT2D eigenvalue weighted by Gasteiger charge is -2.10. The van der Waals surface area contributed by atoms with Crippen LogP contribution >= 0.6 is 0 Å². The van der Waals surface area contributed by atoms with Crippen molar-refractivity contribution in [3.8, 4) is 0 Å². The molecule has 1 aromatic carbocycles. The van der Waals surface area contributed by atoms with Gasteiger partial charge >= 0.3 is 5.76 Å². The van der Waals surface area contributed by atoms with Gasteiger partial charge in [0.1, 0.15) is 0 Å². The molecule has 2 aromatic rings. The number of alkyl halides is 2. The second-order valence-electron chi connectivity index (χ2n) is 4.86. The van der Waals surface area contributed by atoms with Crippen LogP contribution in [0, 0.1) is 6.92 Å². The van der Waals surface area contributed by atoms with E-state index in [1.54, 1.807) is 17.9 Å². The van der Waals surface area contributed by atoms with E-state index in [9.17, 15) is 22.0 Å². The maximum Gasteiger partial charge on any atom is 0.341 e. The molecule has 0 aliphatic rings. The fourth-order valence-corrected chi connectivity index (χ4v) is 2.91. The molecule has 0 aliphatic carbocycles. The van der Waals surface area contributed by atoms with Gasteiger partial charge in [0.15, 0.2) is 0 Å². The Bertz CT molecular complexity index is 832. The van der Waals surface area contributed by atoms with E-state index in [1.165, 1.54) is 18.2 Å². The number of nitrogens with one attached hydrogen (secondary N) is 1. The molecule has 9 heteroatoms. The minimum Gasteiger partial charge on any atom is -0.348 e. The lowest BCUT2D eigenvalue weighted by atomic mass is 10.2. The van der Waals surface area contributed by atoms with Gasteiger partial charge in [-0.05, 0) is 19.1 Å². The zero-order valence-corrected chi connectivity index (χ0v) is 13.3. The number of amides is 1. The van der Waals surface area contributed by atoms with Crippen molar-refractivity contribution in [3.63, 3.8) is 0 Å². The second kappa shape index (κ2) is 6.45. The summed E-state index contributed by atoms with van der Waals surface area (Å²) < 4.78 is 50.3. The van der Waals surface area contributed by atoms with E-state index in [-0.39, 0.29) is 12.1 Å². The number of hydrogen-bond donors (Lipinski definition) is 1. The topological polar surface area (TPSA) is 81.1 Å². The molecule has 0 spiro atoms. The van der Waals surface area contributed by atoms with Crippen molar-refractivity contribution < 1.29 is 22.0 Å². The third kappa shape index (κ3) is 3.39. The number of hydrogen-bond acceptors (Lipinski definition) is 4. The summed E-state index contributed by atoms with van der Waals surface area (Å²) in [6.45, 7) is 1.92. The highest BCUT2D eigenvalue weighted by Gasteiger charge is 2.30. The summed E-state index contributed by atoms with van der Waals surface area (Å²) in [7, 11) is -3.11. The Hall–Kier alpha value is -2.29. The van der Waals surface area contributed by atoms with Crippen molar-refractivity contribution >= 4 is 15.7 Å². The molecule has 0 radical (unpaired) electrons. The molecule has 0 saturated heterocycles. The van der Waals surface area contributed by atoms with Gasteiger partial charge in [-0.3, -0.25) is 9.48 Å². The van der Waals surface area contributed by atoms with E-state index >= 15 is 0 Å². The van der Waals surface area contributed by atoms with Crippen LogP contribution in [0.3, 0.4) is 0 Å². The highest BCUT2D eigenvalue weighted by atomic mass is 32.2. The van der Waals surface area contributed by atoms with E-state index in [4.69, 9.17) is 0 Å². The molecule has 2 rings (SSSR count). The van der Waals surface area contributed by atoms with Crippen LogP contribution in [0.25, 0.3) is 0 Å². The van der Waals surface area contributed by atoms with Crippen LogP contribution in [0.5, 0.6) is 0 Å². The number of aromatic nitrogens is 2. The van der Waals surface area contributed by atoms with Crippen molar-refractivity contribution in [2.75, 3.05) is 0 Å². The quantitative estimate of drug-likeness (QED) is 0.895. The Balaban J connectivity index is 2.25. The first-order valence-corrected chi connectivity index (χ1v) is 8.16. The molecule has 1 amide bonds. The molecule has 1 aromatic heterocycles. The highest BCUT2D eigenvalue weighted by Crippen LogP contribution is 2.22. The zero-order valence-electron chi connectivity index (χ0n) is 12.5. The van der Waals surface area contributed by atoms with Gasteiger partial charge in [-0.15, -0.1) is 0 Å². The maximum atomic E-state index is 12.7. The third-order valence-electron chi connectivity index (χ3n) is 3.45. The number of carbonyl (C=O) groups excluding carboxylic acids is 1. The van der Waals surface area contributed by atoms with Crippen molar-refractivity contribution in [2.45, 2.75) is 24.1 Å². The van der Waals surface area contributed by atoms with E-state index in [1.807, 2.05) is 6.92 Å². The van der Waals surface area contributed by atoms with Gasteiger partial charge in [0.25, 0.3) is 5.91 Å². The molecule has 6 nitrogen and oxygen atoms in total. The lowest BCUT2D eigenvalue weighted by molar-refractivity contribution is 0.0947. The first-order chi connectivity index (χ1) is 10.7. The van der Waals surface area contributed by atoms with Crippen LogP contribution in [0.4, 0.5) is 8.78 Å². The largest absolute Gasteiger partial charge is 0.348 e. The molecule has 1 N–H and O–H groups in total. The molecular weight excluding hydrogens is 328 g/mol. The van der Waals surface area contributed by atoms with Gasteiger partial charge < -0.3 is 5.32 Å². The van der Waals surface area contributed by atoms with Crippen LogP contribution < -0.4 is 5.32 Å². The van der Waals surface area contributed by atoms with Gasteiger partial charge in [0.05, 0.1) is 16.7 Å². The molecule has 0 unspecified atom stereocenters. The number of carbonyl (C=O) groups is 1. The lowest BCUT2D eigenvalue weighted by Crippen LogP contribution is -2.26. The van der Waals surface area contributed by atoms with Crippen LogP contribution in [0.2, 0.25) is 0 Å². The molecule has 0 bridgehead atoms. The molecule has 0 atom stereocenters. The molecule has 1 heterocycles. The van der Waals surface area contributed by atoms with Crippen LogP contribution in [0.15, 0.2) is 35.4 Å². The minimum absolute atomic E-state index is 0.113. The number of sulfone groups is 1. The van der Waals surface area contributed by atoms with Gasteiger partial charge in [-0.1, -0.05) is 12.1 Å². The first kappa shape index (κ1) is 17.1. The van der Waals surface area contributed by atoms with Crippen LogP contribution in [-0.4, -0.2) is 29.9 Å². The van der Waals surface area contributed by atoms with E-state index in [2.05, 4.69) is 10.4 Å². The van der Waals surface area contributed by atoms with Gasteiger partial charge in [-0.25, -0.2) is 8.42 Å². The summed E-state index contributed by atoms with van der Waals surface area (Å²) in [6, 6.07) is 4.89. The number of halogens is 2. The van der Waals surface area contributed by atoms with Gasteiger partial charge in [-0.2, -0.15) is 13.9 Å². The van der Waals surface area contributed by atoms with Crippen LogP contribution in [0.1, 0.15) is 21.6 Å². The zero-order chi connectivity index (χ0) is 17.2. The average Bonchev–Trinajstić information content (AvgIpc) is 2.84. The predicted octanol–water partition coefficient (Wildman–Crippen LogP) is 1.65. The molecule has 23 heavy (non-hydrogen) atoms. The van der Waals surface area contributed by atoms with Crippen molar-refractivity contribution in [2.24, 2.45) is 7.05 Å². The monoisotopic (exact) mass is 343 g/mol. The Morgan fingerprint density at radius 3 is 2.57 bits per heavy atom. The summed E-state index contributed by atoms with van der Waals surface area (Å²) >= 11 is 0. The number of aryl methyl sites for hydroxylation is 1. The minimum atomic E-state index is -4.85. The summed E-state index contributed by atoms with van der Waals surface area (Å²) in [4.78, 5) is 11.5. The summed E-state index contributed by atoms with van der Waals surface area (Å²) in [5, 5.41) is 6.54. The molecule has 0 aliphatic heterocycles. The van der Waals surface area contributed by atoms with E-state index in [0.29, 0.717) is 0 Å². The second-order valence-corrected chi connectivity index (χ2v) is 6.75. The Kier molecular flexibility index (Phi) is 4.79. The van der Waals surface area contributed by atoms with E-state index in [0.717, 1.165) is 17.3 Å². The summed E-state index contributed by atoms with van der Waals surface area (Å²) in [5.41, 5.74) is 1.27. The Morgan fingerprint density at radius 1 is 1.35 bits per heavy atom. The normalized spacial score (nSPS) is 11.7. The fourth-order valence-electron chi connectivity index (χ4n) is 1.99. The third-order valence-corrected chi connectivity index (χ3v) is 4.89. The molecule has 124 valence electrons. The molecular formula is C14H15F2N3O3S. The number of benzene rings is 1. The first-order valence-electron chi connectivity index (χ1n) is 6.62. The predicted molar refractivity (Wildman–Crippen MR) is 78.7 cm³/mol. The standard InChI is InChI=1S/C14H15F2N3O3S/c1-9-10(8-18-19(9)2)7-17-13(20)11-5-3-4-6-12(11)23(21,22)14(15)16/h3-6,8,14H,7H2,1-2H3,(H,17,20). The smallest absolute Gasteiger partial charge is 0.341 e. The number of rotatable bonds is 5. The number of nitrogens with zero attached hydrogens (tertiary/aromatic N) is 2. The molecule has 0 saturated carbocycles. The Morgan fingerprint density at radius 2 is 2.00 bits per heavy atom. The molecule has 0 fully saturated rings. The van der Waals surface area contributed by atoms with Gasteiger partial charge in [0, 0.05) is 24.8 Å². The summed E-state index contributed by atoms with van der Waals surface area (Å²) in [5.74, 6) is -4.33. The fraction of sp³-hybridized carbons (Fsp3) is 0.286. The van der Waals surface area contributed by atoms with E-state index < -0.39 is 26.4 Å². The average molecular weight is 343 g/mol. The Labute approximate surface area is 132 Å².